The normalized spacial score (nSPS) is 13.4. The van der Waals surface area contributed by atoms with Gasteiger partial charge in [0.25, 0.3) is 0 Å². The standard InChI is InChI=1S/C13H29P.HI/c1-5-9-12(8-4)13(14,10-6-2)11-7-3;/h12H,5-11,14H2,1-4H3;1H. The topological polar surface area (TPSA) is 0 Å². The Morgan fingerprint density at radius 3 is 1.67 bits per heavy atom. The monoisotopic (exact) mass is 344 g/mol. The first-order valence-corrected chi connectivity index (χ1v) is 7.01. The van der Waals surface area contributed by atoms with Gasteiger partial charge in [-0.05, 0) is 30.3 Å². The molecule has 0 amide bonds. The Morgan fingerprint density at radius 2 is 1.40 bits per heavy atom. The van der Waals surface area contributed by atoms with Gasteiger partial charge < -0.3 is 0 Å². The van der Waals surface area contributed by atoms with Crippen molar-refractivity contribution in [2.75, 3.05) is 0 Å². The van der Waals surface area contributed by atoms with Crippen LogP contribution in [0, 0.1) is 5.92 Å². The molecule has 0 nitrogen and oxygen atoms in total. The molecule has 0 N–H and O–H groups in total. The van der Waals surface area contributed by atoms with Crippen LogP contribution >= 0.6 is 33.2 Å². The molecule has 2 unspecified atom stereocenters. The van der Waals surface area contributed by atoms with E-state index in [9.17, 15) is 0 Å². The van der Waals surface area contributed by atoms with E-state index in [-0.39, 0.29) is 24.0 Å². The van der Waals surface area contributed by atoms with E-state index < -0.39 is 0 Å². The van der Waals surface area contributed by atoms with Gasteiger partial charge in [-0.2, -0.15) is 0 Å². The van der Waals surface area contributed by atoms with E-state index >= 15 is 0 Å². The molecule has 0 bridgehead atoms. The average Bonchev–Trinajstić information content (AvgIpc) is 2.14. The molecule has 15 heavy (non-hydrogen) atoms. The summed E-state index contributed by atoms with van der Waals surface area (Å²) >= 11 is 0. The molecule has 0 radical (unpaired) electrons. The summed E-state index contributed by atoms with van der Waals surface area (Å²) in [7, 11) is 3.19. The van der Waals surface area contributed by atoms with Gasteiger partial charge in [0, 0.05) is 0 Å². The molecule has 0 aliphatic heterocycles. The minimum atomic E-state index is 0. The smallest absolute Gasteiger partial charge is 0.0122 e. The summed E-state index contributed by atoms with van der Waals surface area (Å²) in [5, 5.41) is 0.536. The molecular formula is C13H30IP. The third-order valence-corrected chi connectivity index (χ3v) is 4.42. The first kappa shape index (κ1) is 18.5. The van der Waals surface area contributed by atoms with Crippen LogP contribution in [0.4, 0.5) is 0 Å². The molecule has 0 spiro atoms. The van der Waals surface area contributed by atoms with Crippen LogP contribution in [0.1, 0.15) is 72.6 Å². The molecule has 2 heteroatoms. The summed E-state index contributed by atoms with van der Waals surface area (Å²) in [5.41, 5.74) is 0. The Hall–Kier alpha value is 1.16. The summed E-state index contributed by atoms with van der Waals surface area (Å²) in [4.78, 5) is 0. The number of halogens is 1. The van der Waals surface area contributed by atoms with Gasteiger partial charge in [-0.15, -0.1) is 33.2 Å². The summed E-state index contributed by atoms with van der Waals surface area (Å²) in [5.74, 6) is 0.914. The van der Waals surface area contributed by atoms with Crippen LogP contribution in [0.15, 0.2) is 0 Å². The van der Waals surface area contributed by atoms with Crippen LogP contribution in [-0.4, -0.2) is 5.16 Å². The van der Waals surface area contributed by atoms with Crippen LogP contribution in [0.5, 0.6) is 0 Å². The van der Waals surface area contributed by atoms with E-state index in [0.29, 0.717) is 5.16 Å². The molecule has 0 aliphatic carbocycles. The van der Waals surface area contributed by atoms with Crippen LogP contribution in [0.3, 0.4) is 0 Å². The zero-order valence-electron chi connectivity index (χ0n) is 11.0. The van der Waals surface area contributed by atoms with Crippen molar-refractivity contribution in [3.8, 4) is 0 Å². The molecule has 0 heterocycles. The molecular weight excluding hydrogens is 314 g/mol. The van der Waals surface area contributed by atoms with Crippen molar-refractivity contribution in [3.63, 3.8) is 0 Å². The third-order valence-electron chi connectivity index (χ3n) is 3.37. The lowest BCUT2D eigenvalue weighted by Gasteiger charge is -2.37. The molecule has 0 aromatic carbocycles. The fraction of sp³-hybridized carbons (Fsp3) is 1.00. The van der Waals surface area contributed by atoms with E-state index in [0.717, 1.165) is 5.92 Å². The lowest BCUT2D eigenvalue weighted by molar-refractivity contribution is 0.301. The second-order valence-electron chi connectivity index (χ2n) is 4.63. The molecule has 0 saturated heterocycles. The van der Waals surface area contributed by atoms with Crippen LogP contribution in [0.2, 0.25) is 0 Å². The highest BCUT2D eigenvalue weighted by atomic mass is 127. The minimum Gasteiger partial charge on any atom is -0.131 e. The molecule has 0 rings (SSSR count). The third kappa shape index (κ3) is 6.46. The van der Waals surface area contributed by atoms with E-state index in [1.807, 2.05) is 0 Å². The van der Waals surface area contributed by atoms with Gasteiger partial charge in [0.1, 0.15) is 0 Å². The van der Waals surface area contributed by atoms with Gasteiger partial charge in [-0.3, -0.25) is 0 Å². The van der Waals surface area contributed by atoms with Crippen molar-refractivity contribution in [2.45, 2.75) is 77.8 Å². The molecule has 0 saturated carbocycles. The van der Waals surface area contributed by atoms with Gasteiger partial charge in [0.2, 0.25) is 0 Å². The van der Waals surface area contributed by atoms with Crippen LogP contribution < -0.4 is 0 Å². The molecule has 0 fully saturated rings. The minimum absolute atomic E-state index is 0. The predicted molar refractivity (Wildman–Crippen MR) is 86.4 cm³/mol. The molecule has 2 atom stereocenters. The Morgan fingerprint density at radius 1 is 0.933 bits per heavy atom. The molecule has 0 aromatic heterocycles. The van der Waals surface area contributed by atoms with Gasteiger partial charge in [0.05, 0.1) is 0 Å². The van der Waals surface area contributed by atoms with Crippen LogP contribution in [0.25, 0.3) is 0 Å². The van der Waals surface area contributed by atoms with Crippen molar-refractivity contribution < 1.29 is 0 Å². The first-order chi connectivity index (χ1) is 6.64. The second kappa shape index (κ2) is 10.3. The summed E-state index contributed by atoms with van der Waals surface area (Å²) < 4.78 is 0. The number of hydrogen-bond donors (Lipinski definition) is 0. The maximum Gasteiger partial charge on any atom is -0.0122 e. The quantitative estimate of drug-likeness (QED) is 0.395. The summed E-state index contributed by atoms with van der Waals surface area (Å²) in [6.07, 6.45) is 9.49. The zero-order valence-corrected chi connectivity index (χ0v) is 14.5. The fourth-order valence-corrected chi connectivity index (χ4v) is 3.69. The number of rotatable bonds is 8. The van der Waals surface area contributed by atoms with Crippen molar-refractivity contribution in [1.29, 1.82) is 0 Å². The van der Waals surface area contributed by atoms with Crippen molar-refractivity contribution >= 4 is 33.2 Å². The Bertz CT molecular complexity index is 130. The van der Waals surface area contributed by atoms with E-state index in [1.54, 1.807) is 0 Å². The SMILES string of the molecule is CCCC(CC)C(P)(CCC)CCC.I. The summed E-state index contributed by atoms with van der Waals surface area (Å²) in [6.45, 7) is 9.29. The van der Waals surface area contributed by atoms with Gasteiger partial charge in [0.15, 0.2) is 0 Å². The van der Waals surface area contributed by atoms with Crippen molar-refractivity contribution in [2.24, 2.45) is 5.92 Å². The Balaban J connectivity index is 0. The largest absolute Gasteiger partial charge is 0.131 e. The highest BCUT2D eigenvalue weighted by molar-refractivity contribution is 14.0. The van der Waals surface area contributed by atoms with Crippen molar-refractivity contribution in [1.82, 2.24) is 0 Å². The Labute approximate surface area is 117 Å². The highest BCUT2D eigenvalue weighted by Crippen LogP contribution is 2.41. The predicted octanol–water partition coefficient (Wildman–Crippen LogP) is 5.64. The molecule has 0 aromatic rings. The van der Waals surface area contributed by atoms with E-state index in [4.69, 9.17) is 0 Å². The maximum absolute atomic E-state index is 3.19. The maximum atomic E-state index is 3.19. The lowest BCUT2D eigenvalue weighted by Crippen LogP contribution is -2.30. The van der Waals surface area contributed by atoms with Crippen molar-refractivity contribution in [3.05, 3.63) is 0 Å². The Kier molecular flexibility index (Phi) is 12.7. The van der Waals surface area contributed by atoms with Crippen LogP contribution in [-0.2, 0) is 0 Å². The second-order valence-corrected chi connectivity index (χ2v) is 5.78. The summed E-state index contributed by atoms with van der Waals surface area (Å²) in [6, 6.07) is 0. The lowest BCUT2D eigenvalue weighted by atomic mass is 9.80. The van der Waals surface area contributed by atoms with E-state index in [1.165, 1.54) is 44.9 Å². The number of hydrogen-bond acceptors (Lipinski definition) is 0. The molecule has 94 valence electrons. The average molecular weight is 344 g/mol. The van der Waals surface area contributed by atoms with E-state index in [2.05, 4.69) is 36.9 Å². The highest BCUT2D eigenvalue weighted by Gasteiger charge is 2.30. The fourth-order valence-electron chi connectivity index (χ4n) is 2.71. The first-order valence-electron chi connectivity index (χ1n) is 6.43. The zero-order chi connectivity index (χ0) is 11.0. The molecule has 0 aliphatic rings. The van der Waals surface area contributed by atoms with Gasteiger partial charge in [-0.25, -0.2) is 0 Å². The van der Waals surface area contributed by atoms with Gasteiger partial charge >= 0.3 is 0 Å². The van der Waals surface area contributed by atoms with Gasteiger partial charge in [-0.1, -0.05) is 53.4 Å².